The van der Waals surface area contributed by atoms with Crippen molar-refractivity contribution in [3.05, 3.63) is 71.1 Å². The van der Waals surface area contributed by atoms with Crippen molar-refractivity contribution in [2.45, 2.75) is 51.5 Å². The van der Waals surface area contributed by atoms with Crippen LogP contribution in [0, 0.1) is 5.92 Å². The normalized spacial score (nSPS) is 16.2. The van der Waals surface area contributed by atoms with Gasteiger partial charge in [-0.1, -0.05) is 44.2 Å². The van der Waals surface area contributed by atoms with Crippen LogP contribution in [0.2, 0.25) is 0 Å². The molecule has 2 atom stereocenters. The van der Waals surface area contributed by atoms with Gasteiger partial charge in [0.15, 0.2) is 0 Å². The quantitative estimate of drug-likeness (QED) is 0.343. The van der Waals surface area contributed by atoms with Crippen molar-refractivity contribution in [1.29, 1.82) is 0 Å². The maximum atomic E-state index is 13.5. The fourth-order valence-corrected chi connectivity index (χ4v) is 5.08. The Morgan fingerprint density at radius 2 is 1.66 bits per heavy atom. The number of nitrogens with one attached hydrogen (secondary N) is 1. The zero-order valence-corrected chi connectivity index (χ0v) is 23.1. The first kappa shape index (κ1) is 29.0. The molecule has 9 heteroatoms. The molecule has 0 radical (unpaired) electrons. The van der Waals surface area contributed by atoms with E-state index >= 15 is 0 Å². The molecule has 2 amide bonds. The lowest BCUT2D eigenvalue weighted by Crippen LogP contribution is -2.51. The number of Topliss-reactive ketones (excluding diaryl/α,β-unsaturated/α-hetero) is 1. The largest absolute Gasteiger partial charge is 0.497 e. The van der Waals surface area contributed by atoms with Gasteiger partial charge in [-0.05, 0) is 60.6 Å². The van der Waals surface area contributed by atoms with Crippen LogP contribution in [0.3, 0.4) is 0 Å². The van der Waals surface area contributed by atoms with Crippen LogP contribution in [0.1, 0.15) is 38.8 Å². The van der Waals surface area contributed by atoms with Crippen LogP contribution in [0.4, 0.5) is 0 Å². The number of ketones is 1. The fraction of sp³-hybridized carbons (Fsp3) is 0.379. The second kappa shape index (κ2) is 13.3. The molecule has 0 aromatic heterocycles. The summed E-state index contributed by atoms with van der Waals surface area (Å²) in [7, 11) is 1.57. The van der Waals surface area contributed by atoms with E-state index in [1.54, 1.807) is 33.1 Å². The van der Waals surface area contributed by atoms with Gasteiger partial charge in [0.05, 0.1) is 24.2 Å². The monoisotopic (exact) mass is 538 g/mol. The van der Waals surface area contributed by atoms with Crippen LogP contribution < -0.4 is 10.1 Å². The van der Waals surface area contributed by atoms with E-state index in [4.69, 9.17) is 9.47 Å². The van der Waals surface area contributed by atoms with E-state index in [1.165, 1.54) is 16.7 Å². The minimum atomic E-state index is -1.14. The predicted octanol–water partition coefficient (Wildman–Crippen LogP) is 3.84. The summed E-state index contributed by atoms with van der Waals surface area (Å²) < 4.78 is 10.3. The Hall–Kier alpha value is -3.59. The molecule has 1 heterocycles. The summed E-state index contributed by atoms with van der Waals surface area (Å²) in [6.45, 7) is 6.89. The average Bonchev–Trinajstić information content (AvgIpc) is 2.89. The number of carbonyl (C=O) groups excluding carboxylic acids is 4. The first-order valence-corrected chi connectivity index (χ1v) is 13.4. The summed E-state index contributed by atoms with van der Waals surface area (Å²) in [5.74, 6) is -1.89. The lowest BCUT2D eigenvalue weighted by molar-refractivity contribution is -0.157. The van der Waals surface area contributed by atoms with Crippen LogP contribution in [-0.2, 0) is 30.3 Å². The molecule has 0 fully saturated rings. The number of benzene rings is 2. The number of methoxy groups -OCH3 is 1. The van der Waals surface area contributed by atoms with Crippen LogP contribution in [0.25, 0.3) is 5.70 Å². The molecule has 0 bridgehead atoms. The van der Waals surface area contributed by atoms with Gasteiger partial charge < -0.3 is 19.7 Å². The molecule has 1 aliphatic heterocycles. The third-order valence-electron chi connectivity index (χ3n) is 5.90. The summed E-state index contributed by atoms with van der Waals surface area (Å²) in [4.78, 5) is 53.6. The van der Waals surface area contributed by atoms with Crippen molar-refractivity contribution in [3.8, 4) is 5.75 Å². The Morgan fingerprint density at radius 1 is 1.00 bits per heavy atom. The van der Waals surface area contributed by atoms with Gasteiger partial charge in [0.1, 0.15) is 18.3 Å². The number of amides is 2. The van der Waals surface area contributed by atoms with Crippen molar-refractivity contribution in [2.24, 2.45) is 5.92 Å². The van der Waals surface area contributed by atoms with Gasteiger partial charge in [-0.15, -0.1) is 11.8 Å². The number of nitrogens with zero attached hydrogens (tertiary/aromatic N) is 1. The average molecular weight is 539 g/mol. The molecule has 0 aliphatic carbocycles. The number of hydrogen-bond donors (Lipinski definition) is 1. The van der Waals surface area contributed by atoms with E-state index in [0.29, 0.717) is 11.4 Å². The van der Waals surface area contributed by atoms with Crippen molar-refractivity contribution >= 4 is 41.0 Å². The third-order valence-corrected chi connectivity index (χ3v) is 7.30. The Bertz CT molecular complexity index is 1180. The van der Waals surface area contributed by atoms with Gasteiger partial charge in [0.2, 0.25) is 11.8 Å². The van der Waals surface area contributed by atoms with Crippen molar-refractivity contribution < 1.29 is 28.7 Å². The molecule has 38 heavy (non-hydrogen) atoms. The molecule has 1 unspecified atom stereocenters. The number of thioether (sulfide) groups is 1. The van der Waals surface area contributed by atoms with E-state index in [-0.39, 0.29) is 30.0 Å². The van der Waals surface area contributed by atoms with Crippen LogP contribution in [0.5, 0.6) is 5.75 Å². The number of ether oxygens (including phenoxy) is 2. The van der Waals surface area contributed by atoms with E-state index in [1.807, 2.05) is 61.7 Å². The van der Waals surface area contributed by atoms with Gasteiger partial charge in [0.25, 0.3) is 5.78 Å². The Morgan fingerprint density at radius 3 is 2.24 bits per heavy atom. The second-order valence-electron chi connectivity index (χ2n) is 9.58. The summed E-state index contributed by atoms with van der Waals surface area (Å²) >= 11 is 1.42. The topological polar surface area (TPSA) is 102 Å². The zero-order chi connectivity index (χ0) is 27.8. The highest BCUT2D eigenvalue weighted by atomic mass is 32.2. The Kier molecular flexibility index (Phi) is 10.1. The second-order valence-corrected chi connectivity index (χ2v) is 10.6. The third kappa shape index (κ3) is 7.47. The molecule has 2 aromatic rings. The lowest BCUT2D eigenvalue weighted by atomic mass is 10.0. The summed E-state index contributed by atoms with van der Waals surface area (Å²) in [5, 5.41) is 4.21. The molecule has 1 N–H and O–H groups in total. The van der Waals surface area contributed by atoms with Crippen LogP contribution >= 0.6 is 11.8 Å². The molecule has 0 saturated heterocycles. The van der Waals surface area contributed by atoms with Gasteiger partial charge in [-0.2, -0.15) is 0 Å². The zero-order valence-electron chi connectivity index (χ0n) is 22.3. The molecule has 0 spiro atoms. The van der Waals surface area contributed by atoms with Gasteiger partial charge >= 0.3 is 5.97 Å². The smallest absolute Gasteiger partial charge is 0.377 e. The molecular weight excluding hydrogens is 504 g/mol. The number of carbonyl (C=O) groups is 4. The molecule has 2 aromatic carbocycles. The molecule has 1 aliphatic rings. The van der Waals surface area contributed by atoms with Gasteiger partial charge in [-0.25, -0.2) is 4.79 Å². The van der Waals surface area contributed by atoms with Crippen LogP contribution in [-0.4, -0.2) is 59.5 Å². The fourth-order valence-electron chi connectivity index (χ4n) is 3.98. The minimum absolute atomic E-state index is 0.0462. The molecule has 0 saturated carbocycles. The number of rotatable bonds is 11. The van der Waals surface area contributed by atoms with E-state index in [0.717, 1.165) is 11.1 Å². The molecular formula is C29H34N2O6S. The van der Waals surface area contributed by atoms with E-state index in [2.05, 4.69) is 5.32 Å². The maximum absolute atomic E-state index is 13.5. The summed E-state index contributed by atoms with van der Waals surface area (Å²) in [6, 6.07) is 15.2. The Labute approximate surface area is 227 Å². The SMILES string of the molecule is COc1ccc(C2=CSC(C(C)C)C(=O)N2CC(=O)N[C@@H](Cc2ccccc2)C(=O)C(=O)OC(C)C)cc1. The standard InChI is InChI=1S/C29H34N2O6S/c1-18(2)27-28(34)31(24(17-38-27)21-11-13-22(36-5)14-12-21)16-25(32)30-23(15-20-9-7-6-8-10-20)26(33)29(35)37-19(3)4/h6-14,17-19,23,27H,15-16H2,1-5H3,(H,30,32)/t23-,27?/m0/s1. The van der Waals surface area contributed by atoms with Gasteiger partial charge in [0, 0.05) is 6.42 Å². The predicted molar refractivity (Wildman–Crippen MR) is 147 cm³/mol. The van der Waals surface area contributed by atoms with Crippen LogP contribution in [0.15, 0.2) is 60.0 Å². The molecule has 3 rings (SSSR count). The first-order valence-electron chi connectivity index (χ1n) is 12.5. The van der Waals surface area contributed by atoms with E-state index in [9.17, 15) is 19.2 Å². The van der Waals surface area contributed by atoms with Crippen molar-refractivity contribution in [2.75, 3.05) is 13.7 Å². The highest BCUT2D eigenvalue weighted by Gasteiger charge is 2.36. The summed E-state index contributed by atoms with van der Waals surface area (Å²) in [5.41, 5.74) is 2.10. The highest BCUT2D eigenvalue weighted by molar-refractivity contribution is 8.03. The highest BCUT2D eigenvalue weighted by Crippen LogP contribution is 2.35. The number of esters is 1. The first-order chi connectivity index (χ1) is 18.1. The number of hydrogen-bond acceptors (Lipinski definition) is 7. The Balaban J connectivity index is 1.85. The van der Waals surface area contributed by atoms with Crippen molar-refractivity contribution in [1.82, 2.24) is 10.2 Å². The minimum Gasteiger partial charge on any atom is -0.497 e. The summed E-state index contributed by atoms with van der Waals surface area (Å²) in [6.07, 6.45) is -0.369. The maximum Gasteiger partial charge on any atom is 0.377 e. The van der Waals surface area contributed by atoms with E-state index < -0.39 is 29.8 Å². The van der Waals surface area contributed by atoms with Gasteiger partial charge in [-0.3, -0.25) is 14.4 Å². The molecule has 202 valence electrons. The lowest BCUT2D eigenvalue weighted by Gasteiger charge is -2.34. The molecule has 8 nitrogen and oxygen atoms in total. The van der Waals surface area contributed by atoms with Crippen molar-refractivity contribution in [3.63, 3.8) is 0 Å².